The van der Waals surface area contributed by atoms with Crippen LogP contribution in [0.3, 0.4) is 0 Å². The fraction of sp³-hybridized carbons (Fsp3) is 0.706. The van der Waals surface area contributed by atoms with Gasteiger partial charge in [0.05, 0.1) is 19.0 Å². The average Bonchev–Trinajstić information content (AvgIpc) is 2.93. The van der Waals surface area contributed by atoms with Crippen molar-refractivity contribution in [3.05, 3.63) is 12.4 Å². The third-order valence-corrected chi connectivity index (χ3v) is 3.41. The van der Waals surface area contributed by atoms with Gasteiger partial charge in [0, 0.05) is 6.54 Å². The van der Waals surface area contributed by atoms with Crippen molar-refractivity contribution in [3.8, 4) is 5.75 Å². The van der Waals surface area contributed by atoms with Crippen LogP contribution in [0.15, 0.2) is 12.4 Å². The largest absolute Gasteiger partial charge is 0.490 e. The van der Waals surface area contributed by atoms with Crippen molar-refractivity contribution in [1.82, 2.24) is 15.1 Å². The van der Waals surface area contributed by atoms with Gasteiger partial charge in [-0.2, -0.15) is 5.10 Å². The minimum absolute atomic E-state index is 0.405. The van der Waals surface area contributed by atoms with E-state index in [2.05, 4.69) is 10.4 Å². The summed E-state index contributed by atoms with van der Waals surface area (Å²) in [7, 11) is 0. The molecular weight excluding hydrogens is 326 g/mol. The molecule has 142 valence electrons. The number of alkyl carbamates (subject to hydrolysis) is 1. The summed E-state index contributed by atoms with van der Waals surface area (Å²) in [5.41, 5.74) is -1.60. The Morgan fingerprint density at radius 3 is 2.48 bits per heavy atom. The molecule has 0 atom stereocenters. The number of carbonyl (C=O) groups excluding carboxylic acids is 1. The Bertz CT molecular complexity index is 575. The summed E-state index contributed by atoms with van der Waals surface area (Å²) < 4.78 is 12.1. The van der Waals surface area contributed by atoms with Gasteiger partial charge >= 0.3 is 12.1 Å². The molecular formula is C17H29N3O5. The fourth-order valence-electron chi connectivity index (χ4n) is 1.88. The van der Waals surface area contributed by atoms with Crippen LogP contribution in [0.25, 0.3) is 0 Å². The SMILES string of the molecule is CC(C)(C)OC(=O)NCCCCCOc1cnn(C(C)(C)C(=O)O)c1. The number of nitrogens with one attached hydrogen (secondary N) is 1. The molecule has 1 heterocycles. The van der Waals surface area contributed by atoms with Crippen molar-refractivity contribution in [1.29, 1.82) is 0 Å². The van der Waals surface area contributed by atoms with Crippen LogP contribution in [-0.2, 0) is 15.1 Å². The number of carboxylic acid groups (broad SMARTS) is 1. The lowest BCUT2D eigenvalue weighted by molar-refractivity contribution is -0.146. The second-order valence-electron chi connectivity index (χ2n) is 7.32. The van der Waals surface area contributed by atoms with Crippen molar-refractivity contribution >= 4 is 12.1 Å². The molecule has 0 aliphatic heterocycles. The van der Waals surface area contributed by atoms with E-state index in [9.17, 15) is 9.59 Å². The number of carboxylic acids is 1. The highest BCUT2D eigenvalue weighted by Crippen LogP contribution is 2.18. The van der Waals surface area contributed by atoms with Crippen LogP contribution in [-0.4, -0.2) is 45.7 Å². The van der Waals surface area contributed by atoms with E-state index in [0.29, 0.717) is 18.9 Å². The van der Waals surface area contributed by atoms with Crippen LogP contribution < -0.4 is 10.1 Å². The highest BCUT2D eigenvalue weighted by molar-refractivity contribution is 5.75. The first-order valence-electron chi connectivity index (χ1n) is 8.40. The van der Waals surface area contributed by atoms with Crippen molar-refractivity contribution in [2.45, 2.75) is 65.0 Å². The minimum atomic E-state index is -1.12. The Morgan fingerprint density at radius 1 is 1.20 bits per heavy atom. The van der Waals surface area contributed by atoms with Gasteiger partial charge in [-0.3, -0.25) is 4.68 Å². The number of aromatic nitrogens is 2. The normalized spacial score (nSPS) is 11.9. The van der Waals surface area contributed by atoms with Gasteiger partial charge in [0.15, 0.2) is 11.3 Å². The molecule has 2 N–H and O–H groups in total. The first-order valence-corrected chi connectivity index (χ1v) is 8.40. The van der Waals surface area contributed by atoms with Crippen molar-refractivity contribution < 1.29 is 24.2 Å². The standard InChI is InChI=1S/C17H29N3O5/c1-16(2,3)25-15(23)18-9-7-6-8-10-24-13-11-19-20(12-13)17(4,5)14(21)22/h11-12H,6-10H2,1-5H3,(H,18,23)(H,21,22). The van der Waals surface area contributed by atoms with E-state index in [0.717, 1.165) is 19.3 Å². The molecule has 0 aromatic carbocycles. The zero-order valence-electron chi connectivity index (χ0n) is 15.7. The van der Waals surface area contributed by atoms with Gasteiger partial charge in [-0.05, 0) is 53.9 Å². The molecule has 0 saturated carbocycles. The number of hydrogen-bond acceptors (Lipinski definition) is 5. The second kappa shape index (κ2) is 8.73. The molecule has 8 heteroatoms. The number of rotatable bonds is 9. The first-order chi connectivity index (χ1) is 11.5. The van der Waals surface area contributed by atoms with Crippen molar-refractivity contribution in [2.75, 3.05) is 13.2 Å². The van der Waals surface area contributed by atoms with Crippen LogP contribution >= 0.6 is 0 Å². The number of nitrogens with zero attached hydrogens (tertiary/aromatic N) is 2. The maximum Gasteiger partial charge on any atom is 0.407 e. The predicted octanol–water partition coefficient (Wildman–Crippen LogP) is 2.78. The topological polar surface area (TPSA) is 103 Å². The van der Waals surface area contributed by atoms with E-state index >= 15 is 0 Å². The fourth-order valence-corrected chi connectivity index (χ4v) is 1.88. The Morgan fingerprint density at radius 2 is 1.88 bits per heavy atom. The van der Waals surface area contributed by atoms with E-state index in [4.69, 9.17) is 14.6 Å². The summed E-state index contributed by atoms with van der Waals surface area (Å²) in [5, 5.41) is 15.9. The van der Waals surface area contributed by atoms with Crippen LogP contribution in [0.2, 0.25) is 0 Å². The monoisotopic (exact) mass is 355 g/mol. The molecule has 0 aliphatic rings. The molecule has 1 aromatic rings. The molecule has 0 aliphatic carbocycles. The molecule has 0 bridgehead atoms. The Labute approximate surface area is 148 Å². The van der Waals surface area contributed by atoms with Crippen molar-refractivity contribution in [2.24, 2.45) is 0 Å². The molecule has 0 fully saturated rings. The Balaban J connectivity index is 2.18. The number of carbonyl (C=O) groups is 2. The predicted molar refractivity (Wildman–Crippen MR) is 92.8 cm³/mol. The third-order valence-electron chi connectivity index (χ3n) is 3.41. The Kier molecular flexibility index (Phi) is 7.26. The summed E-state index contributed by atoms with van der Waals surface area (Å²) in [6.07, 6.45) is 5.23. The van der Waals surface area contributed by atoms with E-state index in [1.807, 2.05) is 20.8 Å². The van der Waals surface area contributed by atoms with E-state index < -0.39 is 23.2 Å². The molecule has 0 radical (unpaired) electrons. The lowest BCUT2D eigenvalue weighted by atomic mass is 10.1. The highest BCUT2D eigenvalue weighted by Gasteiger charge is 2.30. The van der Waals surface area contributed by atoms with Gasteiger partial charge in [-0.15, -0.1) is 0 Å². The van der Waals surface area contributed by atoms with E-state index in [-0.39, 0.29) is 0 Å². The molecule has 25 heavy (non-hydrogen) atoms. The van der Waals surface area contributed by atoms with Crippen LogP contribution in [0.1, 0.15) is 53.9 Å². The number of aliphatic carboxylic acids is 1. The number of hydrogen-bond donors (Lipinski definition) is 2. The van der Waals surface area contributed by atoms with Crippen LogP contribution in [0, 0.1) is 0 Å². The van der Waals surface area contributed by atoms with Gasteiger partial charge in [-0.25, -0.2) is 9.59 Å². The molecule has 0 spiro atoms. The lowest BCUT2D eigenvalue weighted by Crippen LogP contribution is -2.35. The average molecular weight is 355 g/mol. The number of unbranched alkanes of at least 4 members (excludes halogenated alkanes) is 2. The van der Waals surface area contributed by atoms with Gasteiger partial charge in [0.2, 0.25) is 0 Å². The van der Waals surface area contributed by atoms with E-state index in [1.54, 1.807) is 20.0 Å². The van der Waals surface area contributed by atoms with Crippen molar-refractivity contribution in [3.63, 3.8) is 0 Å². The zero-order chi connectivity index (χ0) is 19.1. The zero-order valence-corrected chi connectivity index (χ0v) is 15.7. The van der Waals surface area contributed by atoms with Gasteiger partial charge < -0.3 is 19.9 Å². The first kappa shape index (κ1) is 20.8. The third kappa shape index (κ3) is 7.45. The maximum absolute atomic E-state index is 11.5. The van der Waals surface area contributed by atoms with Gasteiger partial charge in [0.25, 0.3) is 0 Å². The summed E-state index contributed by atoms with van der Waals surface area (Å²) in [6, 6.07) is 0. The van der Waals surface area contributed by atoms with Crippen LogP contribution in [0.5, 0.6) is 5.75 Å². The number of amides is 1. The lowest BCUT2D eigenvalue weighted by Gasteiger charge is -2.19. The quantitative estimate of drug-likeness (QED) is 0.660. The molecule has 8 nitrogen and oxygen atoms in total. The molecule has 1 aromatic heterocycles. The maximum atomic E-state index is 11.5. The summed E-state index contributed by atoms with van der Waals surface area (Å²) in [4.78, 5) is 22.6. The smallest absolute Gasteiger partial charge is 0.407 e. The number of ether oxygens (including phenoxy) is 2. The molecule has 0 saturated heterocycles. The summed E-state index contributed by atoms with van der Waals surface area (Å²) in [5.74, 6) is -0.416. The van der Waals surface area contributed by atoms with Crippen LogP contribution in [0.4, 0.5) is 4.79 Å². The molecule has 0 unspecified atom stereocenters. The van der Waals surface area contributed by atoms with Gasteiger partial charge in [-0.1, -0.05) is 0 Å². The molecule has 1 amide bonds. The minimum Gasteiger partial charge on any atom is -0.490 e. The van der Waals surface area contributed by atoms with E-state index in [1.165, 1.54) is 10.9 Å². The van der Waals surface area contributed by atoms with Gasteiger partial charge in [0.1, 0.15) is 5.60 Å². The highest BCUT2D eigenvalue weighted by atomic mass is 16.6. The molecule has 1 rings (SSSR count). The second-order valence-corrected chi connectivity index (χ2v) is 7.32. The summed E-state index contributed by atoms with van der Waals surface area (Å²) in [6.45, 7) is 9.68. The summed E-state index contributed by atoms with van der Waals surface area (Å²) >= 11 is 0. The Hall–Kier alpha value is -2.25.